The topological polar surface area (TPSA) is 37.4 Å². The number of nitrogens with zero attached hydrogens (tertiary/aromatic N) is 1. The number of anilines is 1. The maximum atomic E-state index is 12.7. The fraction of sp³-hybridized carbons (Fsp3) is 0.455. The number of hydrogen-bond acceptors (Lipinski definition) is 2. The van der Waals surface area contributed by atoms with E-state index in [4.69, 9.17) is 0 Å². The summed E-state index contributed by atoms with van der Waals surface area (Å²) in [4.78, 5) is 0. The molecule has 0 spiro atoms. The molecule has 0 N–H and O–H groups in total. The van der Waals surface area contributed by atoms with E-state index < -0.39 is 21.8 Å². The van der Waals surface area contributed by atoms with Crippen molar-refractivity contribution in [2.75, 3.05) is 16.6 Å². The summed E-state index contributed by atoms with van der Waals surface area (Å²) in [6.07, 6.45) is -4.50. The average Bonchev–Trinajstić information content (AvgIpc) is 2.50. The second-order valence-electron chi connectivity index (χ2n) is 4.58. The molecule has 0 saturated carbocycles. The highest BCUT2D eigenvalue weighted by atomic mass is 79.9. The molecule has 0 radical (unpaired) electrons. The van der Waals surface area contributed by atoms with Crippen LogP contribution in [0, 0.1) is 5.92 Å². The number of rotatable bonds is 1. The third-order valence-electron chi connectivity index (χ3n) is 2.85. The van der Waals surface area contributed by atoms with Gasteiger partial charge in [0.15, 0.2) is 0 Å². The van der Waals surface area contributed by atoms with Crippen molar-refractivity contribution < 1.29 is 21.6 Å². The molecule has 1 aliphatic rings. The molecule has 0 bridgehead atoms. The highest BCUT2D eigenvalue weighted by Gasteiger charge is 2.37. The van der Waals surface area contributed by atoms with E-state index in [0.29, 0.717) is 4.47 Å². The van der Waals surface area contributed by atoms with E-state index in [-0.39, 0.29) is 23.9 Å². The van der Waals surface area contributed by atoms with Crippen molar-refractivity contribution in [1.82, 2.24) is 0 Å². The summed E-state index contributed by atoms with van der Waals surface area (Å²) < 4.78 is 63.2. The Kier molecular flexibility index (Phi) is 3.59. The minimum Gasteiger partial charge on any atom is -0.269 e. The largest absolute Gasteiger partial charge is 0.416 e. The van der Waals surface area contributed by atoms with Crippen LogP contribution in [0.1, 0.15) is 12.5 Å². The lowest BCUT2D eigenvalue weighted by molar-refractivity contribution is -0.137. The molecule has 19 heavy (non-hydrogen) atoms. The maximum absolute atomic E-state index is 12.7. The summed E-state index contributed by atoms with van der Waals surface area (Å²) in [7, 11) is -3.54. The monoisotopic (exact) mass is 357 g/mol. The first kappa shape index (κ1) is 14.6. The van der Waals surface area contributed by atoms with Gasteiger partial charge in [0.2, 0.25) is 10.0 Å². The van der Waals surface area contributed by atoms with Crippen LogP contribution in [0.25, 0.3) is 0 Å². The standard InChI is InChI=1S/C11H11BrF3NO2S/c1-7-5-16(19(17,18)6-7)10-4-8(11(13,14)15)2-3-9(10)12/h2-4,7H,5-6H2,1H3. The molecule has 8 heteroatoms. The van der Waals surface area contributed by atoms with E-state index in [0.717, 1.165) is 16.4 Å². The van der Waals surface area contributed by atoms with Gasteiger partial charge in [0, 0.05) is 11.0 Å². The van der Waals surface area contributed by atoms with Crippen LogP contribution in [0.4, 0.5) is 18.9 Å². The molecule has 1 unspecified atom stereocenters. The number of hydrogen-bond donors (Lipinski definition) is 0. The molecule has 0 amide bonds. The van der Waals surface area contributed by atoms with Gasteiger partial charge in [-0.15, -0.1) is 0 Å². The molecule has 1 saturated heterocycles. The van der Waals surface area contributed by atoms with Crippen molar-refractivity contribution in [2.45, 2.75) is 13.1 Å². The molecule has 3 nitrogen and oxygen atoms in total. The lowest BCUT2D eigenvalue weighted by Gasteiger charge is -2.20. The van der Waals surface area contributed by atoms with Crippen LogP contribution in [0.15, 0.2) is 22.7 Å². The zero-order valence-electron chi connectivity index (χ0n) is 9.91. The fourth-order valence-corrected chi connectivity index (χ4v) is 4.54. The third-order valence-corrected chi connectivity index (χ3v) is 5.53. The Morgan fingerprint density at radius 1 is 1.37 bits per heavy atom. The van der Waals surface area contributed by atoms with Gasteiger partial charge in [-0.25, -0.2) is 8.42 Å². The molecule has 1 aromatic rings. The predicted molar refractivity (Wildman–Crippen MR) is 69.4 cm³/mol. The van der Waals surface area contributed by atoms with Crippen LogP contribution in [-0.2, 0) is 16.2 Å². The minimum absolute atomic E-state index is 0.0409. The Morgan fingerprint density at radius 3 is 2.47 bits per heavy atom. The van der Waals surface area contributed by atoms with Crippen molar-refractivity contribution in [3.8, 4) is 0 Å². The van der Waals surface area contributed by atoms with E-state index in [2.05, 4.69) is 15.9 Å². The van der Waals surface area contributed by atoms with Crippen molar-refractivity contribution in [1.29, 1.82) is 0 Å². The molecule has 2 rings (SSSR count). The second kappa shape index (κ2) is 4.66. The van der Waals surface area contributed by atoms with Crippen molar-refractivity contribution >= 4 is 31.6 Å². The molecule has 106 valence electrons. The number of halogens is 4. The first-order valence-electron chi connectivity index (χ1n) is 5.48. The zero-order chi connectivity index (χ0) is 14.4. The third kappa shape index (κ3) is 2.89. The van der Waals surface area contributed by atoms with E-state index in [1.165, 1.54) is 6.07 Å². The summed E-state index contributed by atoms with van der Waals surface area (Å²) in [5.74, 6) is -0.151. The van der Waals surface area contributed by atoms with Gasteiger partial charge in [0.25, 0.3) is 0 Å². The van der Waals surface area contributed by atoms with E-state index in [9.17, 15) is 21.6 Å². The van der Waals surface area contributed by atoms with Crippen LogP contribution in [-0.4, -0.2) is 20.7 Å². The fourth-order valence-electron chi connectivity index (χ4n) is 2.03. The summed E-state index contributed by atoms with van der Waals surface area (Å²) in [5.41, 5.74) is -0.820. The minimum atomic E-state index is -4.50. The first-order chi connectivity index (χ1) is 8.61. The molecular weight excluding hydrogens is 347 g/mol. The van der Waals surface area contributed by atoms with Gasteiger partial charge in [0.1, 0.15) is 0 Å². The van der Waals surface area contributed by atoms with Gasteiger partial charge >= 0.3 is 6.18 Å². The molecule has 1 fully saturated rings. The maximum Gasteiger partial charge on any atom is 0.416 e. The Bertz CT molecular complexity index is 600. The number of benzene rings is 1. The Labute approximate surface area is 117 Å². The molecule has 1 atom stereocenters. The number of sulfonamides is 1. The van der Waals surface area contributed by atoms with Crippen molar-refractivity contribution in [2.24, 2.45) is 5.92 Å². The lowest BCUT2D eigenvalue weighted by atomic mass is 10.1. The predicted octanol–water partition coefficient (Wildman–Crippen LogP) is 3.25. The van der Waals surface area contributed by atoms with E-state index >= 15 is 0 Å². The molecule has 1 aromatic carbocycles. The summed E-state index contributed by atoms with van der Waals surface area (Å²) in [5, 5.41) is 0. The van der Waals surface area contributed by atoms with Gasteiger partial charge < -0.3 is 0 Å². The van der Waals surface area contributed by atoms with Gasteiger partial charge in [-0.05, 0) is 40.0 Å². The van der Waals surface area contributed by atoms with Gasteiger partial charge in [-0.3, -0.25) is 4.31 Å². The molecule has 0 aromatic heterocycles. The van der Waals surface area contributed by atoms with Crippen LogP contribution < -0.4 is 4.31 Å². The summed E-state index contributed by atoms with van der Waals surface area (Å²) >= 11 is 3.11. The summed E-state index contributed by atoms with van der Waals surface area (Å²) in [6.45, 7) is 1.95. The van der Waals surface area contributed by atoms with Crippen molar-refractivity contribution in [3.63, 3.8) is 0 Å². The average molecular weight is 358 g/mol. The molecule has 1 aliphatic heterocycles. The second-order valence-corrected chi connectivity index (χ2v) is 7.37. The smallest absolute Gasteiger partial charge is 0.269 e. The molecule has 1 heterocycles. The zero-order valence-corrected chi connectivity index (χ0v) is 12.3. The SMILES string of the molecule is CC1CN(c2cc(C(F)(F)F)ccc2Br)S(=O)(=O)C1. The molecule has 0 aliphatic carbocycles. The normalized spacial score (nSPS) is 22.8. The lowest BCUT2D eigenvalue weighted by Crippen LogP contribution is -2.26. The van der Waals surface area contributed by atoms with Crippen molar-refractivity contribution in [3.05, 3.63) is 28.2 Å². The van der Waals surface area contributed by atoms with Gasteiger partial charge in [-0.1, -0.05) is 6.92 Å². The highest BCUT2D eigenvalue weighted by molar-refractivity contribution is 9.10. The highest BCUT2D eigenvalue weighted by Crippen LogP contribution is 2.38. The van der Waals surface area contributed by atoms with Crippen LogP contribution in [0.3, 0.4) is 0 Å². The van der Waals surface area contributed by atoms with Gasteiger partial charge in [0.05, 0.1) is 17.0 Å². The van der Waals surface area contributed by atoms with Crippen LogP contribution >= 0.6 is 15.9 Å². The van der Waals surface area contributed by atoms with E-state index in [1.54, 1.807) is 6.92 Å². The van der Waals surface area contributed by atoms with Crippen LogP contribution in [0.2, 0.25) is 0 Å². The Hall–Kier alpha value is -0.760. The first-order valence-corrected chi connectivity index (χ1v) is 7.88. The molecular formula is C11H11BrF3NO2S. The Balaban J connectivity index is 2.51. The quantitative estimate of drug-likeness (QED) is 0.773. The van der Waals surface area contributed by atoms with Gasteiger partial charge in [-0.2, -0.15) is 13.2 Å². The van der Waals surface area contributed by atoms with E-state index in [1.807, 2.05) is 0 Å². The number of alkyl halides is 3. The summed E-state index contributed by atoms with van der Waals surface area (Å²) in [6, 6.07) is 3.00. The Morgan fingerprint density at radius 2 is 2.00 bits per heavy atom. The van der Waals surface area contributed by atoms with Crippen LogP contribution in [0.5, 0.6) is 0 Å².